The zero-order valence-corrected chi connectivity index (χ0v) is 8.83. The van der Waals surface area contributed by atoms with Gasteiger partial charge in [0.2, 0.25) is 0 Å². The van der Waals surface area contributed by atoms with Crippen molar-refractivity contribution >= 4 is 11.5 Å². The molecule has 1 fully saturated rings. The van der Waals surface area contributed by atoms with E-state index in [1.54, 1.807) is 0 Å². The number of nitrogens with one attached hydrogen (secondary N) is 1. The third-order valence-corrected chi connectivity index (χ3v) is 2.50. The Bertz CT molecular complexity index is 288. The highest BCUT2D eigenvalue weighted by atomic mass is 15.1. The number of pyridine rings is 1. The molecule has 0 saturated heterocycles. The zero-order chi connectivity index (χ0) is 9.97. The lowest BCUT2D eigenvalue weighted by molar-refractivity contribution is 0.888. The number of nitrogens with zero attached hydrogens (tertiary/aromatic N) is 2. The van der Waals surface area contributed by atoms with Crippen LogP contribution in [0, 0.1) is 5.92 Å². The largest absolute Gasteiger partial charge is 0.384 e. The van der Waals surface area contributed by atoms with Crippen molar-refractivity contribution < 1.29 is 0 Å². The average molecular weight is 191 g/mol. The second-order valence-electron chi connectivity index (χ2n) is 4.12. The molecule has 3 heteroatoms. The molecule has 0 radical (unpaired) electrons. The van der Waals surface area contributed by atoms with E-state index in [1.807, 2.05) is 31.3 Å². The molecule has 1 aromatic heterocycles. The summed E-state index contributed by atoms with van der Waals surface area (Å²) in [5.41, 5.74) is 1.13. The molecule has 0 aromatic carbocycles. The van der Waals surface area contributed by atoms with Gasteiger partial charge in [-0.25, -0.2) is 4.98 Å². The first-order chi connectivity index (χ1) is 6.75. The molecule has 0 atom stereocenters. The minimum absolute atomic E-state index is 0.906. The Morgan fingerprint density at radius 2 is 2.21 bits per heavy atom. The lowest BCUT2D eigenvalue weighted by atomic mass is 10.3. The topological polar surface area (TPSA) is 28.2 Å². The highest BCUT2D eigenvalue weighted by Gasteiger charge is 2.20. The van der Waals surface area contributed by atoms with Crippen LogP contribution in [-0.2, 0) is 0 Å². The van der Waals surface area contributed by atoms with Gasteiger partial charge in [0, 0.05) is 20.6 Å². The molecule has 0 spiro atoms. The van der Waals surface area contributed by atoms with Gasteiger partial charge in [-0.3, -0.25) is 0 Å². The van der Waals surface area contributed by atoms with E-state index in [9.17, 15) is 0 Å². The van der Waals surface area contributed by atoms with Crippen LogP contribution in [0.1, 0.15) is 12.8 Å². The molecule has 0 amide bonds. The SMILES string of the molecule is CN(C)c1ccc(NCC2CC2)cn1. The van der Waals surface area contributed by atoms with Crippen molar-refractivity contribution in [1.29, 1.82) is 0 Å². The van der Waals surface area contributed by atoms with Gasteiger partial charge < -0.3 is 10.2 Å². The Morgan fingerprint density at radius 1 is 1.43 bits per heavy atom. The highest BCUT2D eigenvalue weighted by Crippen LogP contribution is 2.28. The summed E-state index contributed by atoms with van der Waals surface area (Å²) < 4.78 is 0. The van der Waals surface area contributed by atoms with Crippen LogP contribution in [0.2, 0.25) is 0 Å². The molecule has 1 saturated carbocycles. The molecule has 1 heterocycles. The van der Waals surface area contributed by atoms with Crippen LogP contribution in [0.3, 0.4) is 0 Å². The van der Waals surface area contributed by atoms with E-state index in [4.69, 9.17) is 0 Å². The van der Waals surface area contributed by atoms with Crippen LogP contribution in [0.5, 0.6) is 0 Å². The molecule has 76 valence electrons. The molecular formula is C11H17N3. The standard InChI is InChI=1S/C11H17N3/c1-14(2)11-6-5-10(8-13-11)12-7-9-3-4-9/h5-6,8-9,12H,3-4,7H2,1-2H3. The predicted octanol–water partition coefficient (Wildman–Crippen LogP) is 1.97. The summed E-state index contributed by atoms with van der Waals surface area (Å²) in [6.45, 7) is 1.10. The number of anilines is 2. The Balaban J connectivity index is 1.91. The molecule has 14 heavy (non-hydrogen) atoms. The highest BCUT2D eigenvalue weighted by molar-refractivity contribution is 5.47. The Hall–Kier alpha value is -1.25. The monoisotopic (exact) mass is 191 g/mol. The van der Waals surface area contributed by atoms with E-state index in [2.05, 4.69) is 16.4 Å². The summed E-state index contributed by atoms with van der Waals surface area (Å²) in [6, 6.07) is 4.12. The van der Waals surface area contributed by atoms with E-state index in [1.165, 1.54) is 12.8 Å². The third kappa shape index (κ3) is 2.37. The normalized spacial score (nSPS) is 15.3. The maximum absolute atomic E-state index is 4.34. The number of hydrogen-bond acceptors (Lipinski definition) is 3. The molecule has 3 nitrogen and oxygen atoms in total. The van der Waals surface area contributed by atoms with Gasteiger partial charge in [0.25, 0.3) is 0 Å². The van der Waals surface area contributed by atoms with Gasteiger partial charge in [0.1, 0.15) is 5.82 Å². The van der Waals surface area contributed by atoms with Crippen molar-refractivity contribution in [3.63, 3.8) is 0 Å². The van der Waals surface area contributed by atoms with Crippen LogP contribution >= 0.6 is 0 Å². The molecular weight excluding hydrogens is 174 g/mol. The minimum Gasteiger partial charge on any atom is -0.384 e. The predicted molar refractivity (Wildman–Crippen MR) is 59.8 cm³/mol. The molecule has 1 aliphatic carbocycles. The summed E-state index contributed by atoms with van der Waals surface area (Å²) in [5.74, 6) is 1.91. The summed E-state index contributed by atoms with van der Waals surface area (Å²) in [5, 5.41) is 3.39. The molecule has 0 bridgehead atoms. The van der Waals surface area contributed by atoms with Gasteiger partial charge in [-0.05, 0) is 30.9 Å². The van der Waals surface area contributed by atoms with Crippen molar-refractivity contribution in [2.45, 2.75) is 12.8 Å². The number of aromatic nitrogens is 1. The fourth-order valence-electron chi connectivity index (χ4n) is 1.34. The molecule has 1 aliphatic rings. The summed E-state index contributed by atoms with van der Waals surface area (Å²) in [6.07, 6.45) is 4.67. The average Bonchev–Trinajstić information content (AvgIpc) is 2.99. The van der Waals surface area contributed by atoms with E-state index in [-0.39, 0.29) is 0 Å². The maximum Gasteiger partial charge on any atom is 0.128 e. The molecule has 1 N–H and O–H groups in total. The lowest BCUT2D eigenvalue weighted by Crippen LogP contribution is -2.10. The van der Waals surface area contributed by atoms with Gasteiger partial charge in [-0.15, -0.1) is 0 Å². The molecule has 2 rings (SSSR count). The molecule has 0 unspecified atom stereocenters. The Morgan fingerprint density at radius 3 is 2.71 bits per heavy atom. The second kappa shape index (κ2) is 3.86. The summed E-state index contributed by atoms with van der Waals surface area (Å²) in [7, 11) is 4.00. The van der Waals surface area contributed by atoms with Gasteiger partial charge in [0.15, 0.2) is 0 Å². The van der Waals surface area contributed by atoms with Gasteiger partial charge >= 0.3 is 0 Å². The first-order valence-electron chi connectivity index (χ1n) is 5.13. The van der Waals surface area contributed by atoms with E-state index < -0.39 is 0 Å². The Kier molecular flexibility index (Phi) is 2.57. The van der Waals surface area contributed by atoms with E-state index in [0.717, 1.165) is 24.0 Å². The van der Waals surface area contributed by atoms with Crippen molar-refractivity contribution in [2.75, 3.05) is 30.9 Å². The van der Waals surface area contributed by atoms with Crippen molar-refractivity contribution in [2.24, 2.45) is 5.92 Å². The smallest absolute Gasteiger partial charge is 0.128 e. The van der Waals surface area contributed by atoms with E-state index in [0.29, 0.717) is 0 Å². The van der Waals surface area contributed by atoms with Crippen LogP contribution < -0.4 is 10.2 Å². The van der Waals surface area contributed by atoms with Crippen LogP contribution in [0.25, 0.3) is 0 Å². The van der Waals surface area contributed by atoms with Gasteiger partial charge in [-0.2, -0.15) is 0 Å². The van der Waals surface area contributed by atoms with Crippen molar-refractivity contribution in [3.05, 3.63) is 18.3 Å². The van der Waals surface area contributed by atoms with Crippen LogP contribution in [0.15, 0.2) is 18.3 Å². The van der Waals surface area contributed by atoms with Crippen LogP contribution in [0.4, 0.5) is 11.5 Å². The molecule has 1 aromatic rings. The van der Waals surface area contributed by atoms with E-state index >= 15 is 0 Å². The lowest BCUT2D eigenvalue weighted by Gasteiger charge is -2.11. The summed E-state index contributed by atoms with van der Waals surface area (Å²) in [4.78, 5) is 6.34. The van der Waals surface area contributed by atoms with Crippen LogP contribution in [-0.4, -0.2) is 25.6 Å². The first kappa shape index (κ1) is 9.31. The fraction of sp³-hybridized carbons (Fsp3) is 0.545. The second-order valence-corrected chi connectivity index (χ2v) is 4.12. The Labute approximate surface area is 85.1 Å². The van der Waals surface area contributed by atoms with Crippen molar-refractivity contribution in [1.82, 2.24) is 4.98 Å². The maximum atomic E-state index is 4.34. The minimum atomic E-state index is 0.906. The van der Waals surface area contributed by atoms with Gasteiger partial charge in [0.05, 0.1) is 11.9 Å². The van der Waals surface area contributed by atoms with Gasteiger partial charge in [-0.1, -0.05) is 0 Å². The zero-order valence-electron chi connectivity index (χ0n) is 8.83. The summed E-state index contributed by atoms with van der Waals surface area (Å²) >= 11 is 0. The fourth-order valence-corrected chi connectivity index (χ4v) is 1.34. The number of rotatable bonds is 4. The quantitative estimate of drug-likeness (QED) is 0.788. The van der Waals surface area contributed by atoms with Crippen molar-refractivity contribution in [3.8, 4) is 0 Å². The first-order valence-corrected chi connectivity index (χ1v) is 5.13. The third-order valence-electron chi connectivity index (χ3n) is 2.50. The molecule has 0 aliphatic heterocycles. The number of hydrogen-bond donors (Lipinski definition) is 1.